The average Bonchev–Trinajstić information content (AvgIpc) is 3.19. The first-order valence-electron chi connectivity index (χ1n) is 8.77. The van der Waals surface area contributed by atoms with Crippen molar-refractivity contribution in [1.29, 1.82) is 0 Å². The van der Waals surface area contributed by atoms with E-state index in [2.05, 4.69) is 28.6 Å². The maximum atomic E-state index is 10.7. The summed E-state index contributed by atoms with van der Waals surface area (Å²) in [4.78, 5) is 4.57. The lowest BCUT2D eigenvalue weighted by Crippen LogP contribution is -1.93. The molecule has 0 amide bonds. The van der Waals surface area contributed by atoms with E-state index in [1.165, 1.54) is 0 Å². The molecule has 0 saturated carbocycles. The zero-order chi connectivity index (χ0) is 17.8. The topological polar surface area (TPSA) is 51.2 Å². The van der Waals surface area contributed by atoms with Crippen molar-refractivity contribution in [2.75, 3.05) is 0 Å². The first-order chi connectivity index (χ1) is 12.7. The van der Waals surface area contributed by atoms with E-state index in [9.17, 15) is 5.11 Å². The Morgan fingerprint density at radius 1 is 1.00 bits per heavy atom. The summed E-state index contributed by atoms with van der Waals surface area (Å²) in [5.74, 6) is 0.623. The minimum atomic E-state index is 0.180. The fraction of sp³-hybridized carbons (Fsp3) is 0.136. The molecule has 5 rings (SSSR count). The highest BCUT2D eigenvalue weighted by molar-refractivity contribution is 6.09. The number of fused-ring (bicyclic) bond motifs is 4. The van der Waals surface area contributed by atoms with Crippen LogP contribution in [0, 0.1) is 6.92 Å². The van der Waals surface area contributed by atoms with Gasteiger partial charge in [-0.1, -0.05) is 24.3 Å². The van der Waals surface area contributed by atoms with Crippen molar-refractivity contribution in [1.82, 2.24) is 9.55 Å². The van der Waals surface area contributed by atoms with E-state index in [0.717, 1.165) is 45.0 Å². The number of aromatic nitrogens is 2. The number of aryl methyl sites for hydroxylation is 2. The molecule has 2 aromatic heterocycles. The van der Waals surface area contributed by atoms with Gasteiger partial charge < -0.3 is 14.1 Å². The first-order valence-corrected chi connectivity index (χ1v) is 8.77. The van der Waals surface area contributed by atoms with Gasteiger partial charge in [-0.3, -0.25) is 0 Å². The summed E-state index contributed by atoms with van der Waals surface area (Å²) in [6.07, 6.45) is 0. The van der Waals surface area contributed by atoms with Crippen LogP contribution in [0.5, 0.6) is 5.75 Å². The van der Waals surface area contributed by atoms with Gasteiger partial charge >= 0.3 is 0 Å². The lowest BCUT2D eigenvalue weighted by Gasteiger charge is -2.05. The summed E-state index contributed by atoms with van der Waals surface area (Å²) < 4.78 is 8.18. The van der Waals surface area contributed by atoms with Gasteiger partial charge in [0, 0.05) is 22.8 Å². The van der Waals surface area contributed by atoms with E-state index in [0.29, 0.717) is 11.5 Å². The van der Waals surface area contributed by atoms with Crippen molar-refractivity contribution in [2.45, 2.75) is 20.4 Å². The molecule has 0 spiro atoms. The fourth-order valence-corrected chi connectivity index (χ4v) is 3.74. The number of aromatic hydroxyl groups is 1. The third kappa shape index (κ3) is 2.05. The molecule has 1 N–H and O–H groups in total. The summed E-state index contributed by atoms with van der Waals surface area (Å²) in [6, 6.07) is 18.0. The van der Waals surface area contributed by atoms with Crippen LogP contribution >= 0.6 is 0 Å². The molecule has 5 aromatic rings. The van der Waals surface area contributed by atoms with Gasteiger partial charge in [-0.15, -0.1) is 0 Å². The maximum absolute atomic E-state index is 10.7. The molecule has 26 heavy (non-hydrogen) atoms. The average molecular weight is 342 g/mol. The van der Waals surface area contributed by atoms with E-state index in [-0.39, 0.29) is 5.75 Å². The molecule has 0 aliphatic heterocycles. The molecule has 4 heteroatoms. The Labute approximate surface area is 150 Å². The lowest BCUT2D eigenvalue weighted by atomic mass is 10.1. The van der Waals surface area contributed by atoms with Crippen molar-refractivity contribution in [3.05, 3.63) is 60.2 Å². The van der Waals surface area contributed by atoms with Crippen molar-refractivity contribution in [2.24, 2.45) is 0 Å². The van der Waals surface area contributed by atoms with Gasteiger partial charge in [0.2, 0.25) is 5.89 Å². The van der Waals surface area contributed by atoms with Gasteiger partial charge in [0.25, 0.3) is 0 Å². The minimum Gasteiger partial charge on any atom is -0.507 e. The number of benzene rings is 3. The van der Waals surface area contributed by atoms with Crippen molar-refractivity contribution in [3.8, 4) is 17.2 Å². The molecule has 2 heterocycles. The monoisotopic (exact) mass is 342 g/mol. The molecule has 0 saturated heterocycles. The SMILES string of the molecule is CCn1c2ccccc2c2cc(O)c(-c3nc4ccc(C)cc4o3)cc21. The summed E-state index contributed by atoms with van der Waals surface area (Å²) in [7, 11) is 0. The highest BCUT2D eigenvalue weighted by Gasteiger charge is 2.17. The molecule has 3 aromatic carbocycles. The second kappa shape index (κ2) is 5.36. The zero-order valence-corrected chi connectivity index (χ0v) is 14.7. The molecule has 0 unspecified atom stereocenters. The Hall–Kier alpha value is -3.27. The van der Waals surface area contributed by atoms with Crippen LogP contribution in [0.1, 0.15) is 12.5 Å². The number of rotatable bonds is 2. The number of phenolic OH excluding ortho intramolecular Hbond substituents is 1. The molecule has 0 fully saturated rings. The molecular weight excluding hydrogens is 324 g/mol. The van der Waals surface area contributed by atoms with Gasteiger partial charge in [0.1, 0.15) is 11.3 Å². The number of para-hydroxylation sites is 1. The van der Waals surface area contributed by atoms with Gasteiger partial charge in [0.15, 0.2) is 5.58 Å². The standard InChI is InChI=1S/C22H18N2O2/c1-3-24-18-7-5-4-6-14(18)15-12-20(25)16(11-19(15)24)22-23-17-9-8-13(2)10-21(17)26-22/h4-12,25H,3H2,1-2H3. The predicted octanol–water partition coefficient (Wildman–Crippen LogP) is 5.64. The van der Waals surface area contributed by atoms with Crippen LogP contribution in [0.15, 0.2) is 59.0 Å². The molecule has 0 atom stereocenters. The molecule has 0 aliphatic rings. The second-order valence-corrected chi connectivity index (χ2v) is 6.64. The van der Waals surface area contributed by atoms with Crippen LogP contribution in [-0.2, 0) is 6.54 Å². The first kappa shape index (κ1) is 15.0. The Bertz CT molecular complexity index is 1290. The number of hydrogen-bond donors (Lipinski definition) is 1. The predicted molar refractivity (Wildman–Crippen MR) is 105 cm³/mol. The third-order valence-electron chi connectivity index (χ3n) is 4.98. The van der Waals surface area contributed by atoms with Gasteiger partial charge in [0.05, 0.1) is 11.1 Å². The zero-order valence-electron chi connectivity index (χ0n) is 14.7. The lowest BCUT2D eigenvalue weighted by molar-refractivity contribution is 0.475. The summed E-state index contributed by atoms with van der Waals surface area (Å²) in [5.41, 5.74) is 5.49. The van der Waals surface area contributed by atoms with E-state index in [1.807, 2.05) is 49.4 Å². The Morgan fingerprint density at radius 3 is 2.69 bits per heavy atom. The number of phenols is 1. The number of hydrogen-bond acceptors (Lipinski definition) is 3. The Kier molecular flexibility index (Phi) is 3.10. The fourth-order valence-electron chi connectivity index (χ4n) is 3.74. The van der Waals surface area contributed by atoms with Crippen LogP contribution in [0.3, 0.4) is 0 Å². The maximum Gasteiger partial charge on any atom is 0.231 e. The molecule has 0 bridgehead atoms. The van der Waals surface area contributed by atoms with Gasteiger partial charge in [-0.25, -0.2) is 4.98 Å². The van der Waals surface area contributed by atoms with E-state index in [4.69, 9.17) is 4.42 Å². The van der Waals surface area contributed by atoms with Crippen LogP contribution in [0.25, 0.3) is 44.4 Å². The summed E-state index contributed by atoms with van der Waals surface area (Å²) in [5, 5.41) is 12.8. The highest BCUT2D eigenvalue weighted by Crippen LogP contribution is 2.38. The van der Waals surface area contributed by atoms with Crippen LogP contribution in [0.2, 0.25) is 0 Å². The second-order valence-electron chi connectivity index (χ2n) is 6.64. The van der Waals surface area contributed by atoms with Gasteiger partial charge in [-0.2, -0.15) is 0 Å². The smallest absolute Gasteiger partial charge is 0.231 e. The molecule has 4 nitrogen and oxygen atoms in total. The largest absolute Gasteiger partial charge is 0.507 e. The van der Waals surface area contributed by atoms with E-state index < -0.39 is 0 Å². The molecular formula is C22H18N2O2. The van der Waals surface area contributed by atoms with Crippen molar-refractivity contribution < 1.29 is 9.52 Å². The van der Waals surface area contributed by atoms with Crippen LogP contribution < -0.4 is 0 Å². The van der Waals surface area contributed by atoms with E-state index in [1.54, 1.807) is 0 Å². The molecule has 0 radical (unpaired) electrons. The van der Waals surface area contributed by atoms with Crippen LogP contribution in [-0.4, -0.2) is 14.7 Å². The molecule has 0 aliphatic carbocycles. The normalized spacial score (nSPS) is 11.8. The number of nitrogens with zero attached hydrogens (tertiary/aromatic N) is 2. The van der Waals surface area contributed by atoms with Crippen molar-refractivity contribution >= 4 is 32.9 Å². The van der Waals surface area contributed by atoms with Gasteiger partial charge in [-0.05, 0) is 49.7 Å². The summed E-state index contributed by atoms with van der Waals surface area (Å²) in [6.45, 7) is 4.99. The van der Waals surface area contributed by atoms with Crippen molar-refractivity contribution in [3.63, 3.8) is 0 Å². The summed E-state index contributed by atoms with van der Waals surface area (Å²) >= 11 is 0. The Balaban J connectivity index is 1.82. The third-order valence-corrected chi connectivity index (χ3v) is 4.98. The number of oxazole rings is 1. The van der Waals surface area contributed by atoms with Crippen LogP contribution in [0.4, 0.5) is 0 Å². The Morgan fingerprint density at radius 2 is 1.85 bits per heavy atom. The molecule has 128 valence electrons. The van der Waals surface area contributed by atoms with E-state index >= 15 is 0 Å². The quantitative estimate of drug-likeness (QED) is 0.452. The minimum absolute atomic E-state index is 0.180. The highest BCUT2D eigenvalue weighted by atomic mass is 16.3.